The third-order valence-corrected chi connectivity index (χ3v) is 25.4. The van der Waals surface area contributed by atoms with E-state index in [1.165, 1.54) is 93.5 Å². The molecule has 4 aromatic carbocycles. The fourth-order valence-corrected chi connectivity index (χ4v) is 20.4. The van der Waals surface area contributed by atoms with Crippen molar-refractivity contribution in [3.05, 3.63) is 207 Å². The van der Waals surface area contributed by atoms with Gasteiger partial charge in [0.25, 0.3) is 0 Å². The summed E-state index contributed by atoms with van der Waals surface area (Å²) in [6.07, 6.45) is 7.91. The van der Waals surface area contributed by atoms with Crippen molar-refractivity contribution in [1.29, 1.82) is 0 Å². The first-order valence-corrected chi connectivity index (χ1v) is 24.9. The molecule has 4 unspecified atom stereocenters. The van der Waals surface area contributed by atoms with Crippen molar-refractivity contribution in [1.82, 2.24) is 0 Å². The number of rotatable bonds is 6. The molecule has 0 aliphatic heterocycles. The average molecular weight is 933 g/mol. The predicted octanol–water partition coefficient (Wildman–Crippen LogP) is 14.6. The summed E-state index contributed by atoms with van der Waals surface area (Å²) < 4.78 is 0. The van der Waals surface area contributed by atoms with E-state index in [-0.39, 0.29) is 98.1 Å². The zero-order chi connectivity index (χ0) is 40.3. The maximum Gasteiger partial charge on any atom is 4.00 e. The molecule has 4 heteroatoms. The fourth-order valence-electron chi connectivity index (χ4n) is 10.1. The molecule has 6 rings (SSSR count). The zero-order valence-corrected chi connectivity index (χ0v) is 49.1. The molecule has 2 aliphatic rings. The van der Waals surface area contributed by atoms with Gasteiger partial charge in [0.1, 0.15) is 16.1 Å². The van der Waals surface area contributed by atoms with E-state index < -0.39 is 16.1 Å². The van der Waals surface area contributed by atoms with Gasteiger partial charge < -0.3 is 44.6 Å². The van der Waals surface area contributed by atoms with Crippen LogP contribution in [-0.4, -0.2) is 16.1 Å². The summed E-state index contributed by atoms with van der Waals surface area (Å²) in [5.74, 6) is 0. The molecule has 0 aromatic heterocycles. The molecule has 2 aliphatic carbocycles. The van der Waals surface area contributed by atoms with Gasteiger partial charge in [-0.05, 0) is 66.5 Å². The Bertz CT molecular complexity index is 2250. The predicted molar refractivity (Wildman–Crippen MR) is 282 cm³/mol. The van der Waals surface area contributed by atoms with Gasteiger partial charge in [-0.2, -0.15) is 22.3 Å². The quantitative estimate of drug-likeness (QED) is 0.133. The van der Waals surface area contributed by atoms with Crippen LogP contribution in [0, 0.1) is 112 Å². The second kappa shape index (κ2) is 24.3. The summed E-state index contributed by atoms with van der Waals surface area (Å²) in [5.41, 5.74) is 19.5. The molecular weight excluding hydrogens is 849 g/mol. The average Bonchev–Trinajstić information content (AvgIpc) is 3.42. The summed E-state index contributed by atoms with van der Waals surface area (Å²) in [6, 6.07) is 28.2. The molecule has 0 nitrogen and oxygen atoms in total. The monoisotopic (exact) mass is 933 g/mol. The van der Waals surface area contributed by atoms with Gasteiger partial charge in [-0.25, -0.2) is 11.1 Å². The molecule has 0 saturated carbocycles. The molecule has 0 radical (unpaired) electrons. The van der Waals surface area contributed by atoms with Gasteiger partial charge in [-0.3, -0.25) is 12.2 Å². The molecule has 0 saturated heterocycles. The first-order chi connectivity index (χ1) is 25.0. The van der Waals surface area contributed by atoms with E-state index in [4.69, 9.17) is 0 Å². The first-order valence-electron chi connectivity index (χ1n) is 19.9. The summed E-state index contributed by atoms with van der Waals surface area (Å²) in [6.45, 7) is 41.6. The molecule has 0 amide bonds. The molecule has 332 valence electrons. The molecule has 62 heavy (non-hydrogen) atoms. The van der Waals surface area contributed by atoms with Crippen LogP contribution < -0.4 is 20.7 Å². The largest absolute Gasteiger partial charge is 4.00 e. The van der Waals surface area contributed by atoms with Crippen molar-refractivity contribution in [2.24, 2.45) is 0 Å². The van der Waals surface area contributed by atoms with Crippen LogP contribution in [0.5, 0.6) is 0 Å². The SMILES string of the molecule is CC1=[C-]C(C)([Si](C)(c2cc(C)cc(C)c2)c2ccc(C)cc2C)C(C)=C1C.CC1=[C-]C(C)([Si](C)(c2cc(C)cc(C)c2)c2cccc(C)c2C)C(C)=C1C.[CH3-].[CH3-].[CH3-].[CH3-].[CH3-].[CH3-].[Ti+4].[Ti+4]. The van der Waals surface area contributed by atoms with Gasteiger partial charge in [0.2, 0.25) is 0 Å². The molecule has 4 aromatic rings. The molecule has 4 atom stereocenters. The summed E-state index contributed by atoms with van der Waals surface area (Å²) in [4.78, 5) is 0. The number of allylic oxidation sites excluding steroid dienone is 8. The molecule has 0 fully saturated rings. The van der Waals surface area contributed by atoms with E-state index in [2.05, 4.69) is 209 Å². The molecule has 0 bridgehead atoms. The number of aryl methyl sites for hydroxylation is 7. The van der Waals surface area contributed by atoms with Crippen molar-refractivity contribution < 1.29 is 43.4 Å². The number of benzene rings is 4. The van der Waals surface area contributed by atoms with E-state index in [0.717, 1.165) is 0 Å². The Morgan fingerprint density at radius 2 is 0.758 bits per heavy atom. The van der Waals surface area contributed by atoms with Crippen LogP contribution in [0.2, 0.25) is 23.2 Å². The van der Waals surface area contributed by atoms with E-state index in [1.807, 2.05) is 0 Å². The molecular formula is C58H84Si2Ti2. The summed E-state index contributed by atoms with van der Waals surface area (Å²) >= 11 is 0. The Labute approximate surface area is 418 Å². The minimum atomic E-state index is -2.17. The second-order valence-electron chi connectivity index (χ2n) is 17.8. The van der Waals surface area contributed by atoms with Crippen molar-refractivity contribution in [2.45, 2.75) is 134 Å². The van der Waals surface area contributed by atoms with Crippen LogP contribution in [0.15, 0.2) is 106 Å². The Morgan fingerprint density at radius 1 is 0.403 bits per heavy atom. The van der Waals surface area contributed by atoms with Crippen LogP contribution in [0.25, 0.3) is 0 Å². The molecule has 0 spiro atoms. The zero-order valence-electron chi connectivity index (χ0n) is 43.9. The number of hydrogen-bond acceptors (Lipinski definition) is 0. The van der Waals surface area contributed by atoms with Crippen LogP contribution in [0.1, 0.15) is 99.9 Å². The van der Waals surface area contributed by atoms with E-state index >= 15 is 0 Å². The summed E-state index contributed by atoms with van der Waals surface area (Å²) in [7, 11) is -4.33. The maximum absolute atomic E-state index is 3.96. The Morgan fingerprint density at radius 3 is 1.08 bits per heavy atom. The van der Waals surface area contributed by atoms with Gasteiger partial charge in [0.15, 0.2) is 0 Å². The Hall–Kier alpha value is -2.30. The van der Waals surface area contributed by atoms with Crippen LogP contribution >= 0.6 is 0 Å². The minimum absolute atomic E-state index is 0. The van der Waals surface area contributed by atoms with E-state index in [9.17, 15) is 0 Å². The van der Waals surface area contributed by atoms with Gasteiger partial charge in [-0.1, -0.05) is 192 Å². The third kappa shape index (κ3) is 11.2. The van der Waals surface area contributed by atoms with Gasteiger partial charge in [-0.15, -0.1) is 13.8 Å². The van der Waals surface area contributed by atoms with Crippen LogP contribution in [0.3, 0.4) is 0 Å². The van der Waals surface area contributed by atoms with Gasteiger partial charge >= 0.3 is 43.4 Å². The van der Waals surface area contributed by atoms with Gasteiger partial charge in [0, 0.05) is 0 Å². The molecule has 0 N–H and O–H groups in total. The van der Waals surface area contributed by atoms with Crippen molar-refractivity contribution in [3.8, 4) is 0 Å². The van der Waals surface area contributed by atoms with Crippen molar-refractivity contribution >= 4 is 36.9 Å². The van der Waals surface area contributed by atoms with E-state index in [0.29, 0.717) is 0 Å². The van der Waals surface area contributed by atoms with Crippen molar-refractivity contribution in [2.75, 3.05) is 0 Å². The Balaban J connectivity index is -0.000000481. The fraction of sp³-hybridized carbons (Fsp3) is 0.345. The normalized spacial score (nSPS) is 19.2. The molecule has 0 heterocycles. The summed E-state index contributed by atoms with van der Waals surface area (Å²) in [5, 5.41) is 6.04. The minimum Gasteiger partial charge on any atom is -0.358 e. The second-order valence-corrected chi connectivity index (χ2v) is 26.6. The number of hydrogen-bond donors (Lipinski definition) is 0. The Kier molecular flexibility index (Phi) is 26.0. The smallest absolute Gasteiger partial charge is 0.358 e. The topological polar surface area (TPSA) is 0 Å². The first kappa shape index (κ1) is 66.3. The van der Waals surface area contributed by atoms with Crippen molar-refractivity contribution in [3.63, 3.8) is 0 Å². The standard InChI is InChI=1S/2C26H33Si.6CH3.2Ti/c1-17-10-11-25(20(4)13-17)27(9,24-14-18(2)12-19(3)15-24)26(8)16-21(5)22(6)23(26)7;1-17-13-18(2)15-24(14-17)27(9,25-12-10-11-19(3)22(25)6)26(8)16-20(4)21(5)23(26)7;;;;;;;;/h2*10-15H,1-9H3;6*1H3;;/q8*-1;2*+4. The van der Waals surface area contributed by atoms with Gasteiger partial charge in [0.05, 0.1) is 0 Å². The third-order valence-electron chi connectivity index (χ3n) is 14.3. The van der Waals surface area contributed by atoms with Crippen LogP contribution in [-0.2, 0) is 43.4 Å². The van der Waals surface area contributed by atoms with Crippen LogP contribution in [0.4, 0.5) is 0 Å². The van der Waals surface area contributed by atoms with E-state index in [1.54, 1.807) is 5.19 Å². The maximum atomic E-state index is 3.96.